The highest BCUT2D eigenvalue weighted by Crippen LogP contribution is 2.26. The summed E-state index contributed by atoms with van der Waals surface area (Å²) in [6.45, 7) is 7.89. The predicted octanol–water partition coefficient (Wildman–Crippen LogP) is 2.78. The molecule has 2 aromatic rings. The summed E-state index contributed by atoms with van der Waals surface area (Å²) in [7, 11) is 1.55. The van der Waals surface area contributed by atoms with Gasteiger partial charge in [0.2, 0.25) is 0 Å². The van der Waals surface area contributed by atoms with Crippen molar-refractivity contribution >= 4 is 0 Å². The van der Waals surface area contributed by atoms with Gasteiger partial charge in [-0.3, -0.25) is 4.68 Å². The van der Waals surface area contributed by atoms with E-state index in [0.29, 0.717) is 12.3 Å². The van der Waals surface area contributed by atoms with Gasteiger partial charge in [0.05, 0.1) is 13.3 Å². The number of rotatable bonds is 6. The Kier molecular flexibility index (Phi) is 4.85. The van der Waals surface area contributed by atoms with E-state index < -0.39 is 0 Å². The molecule has 5 heteroatoms. The second kappa shape index (κ2) is 6.63. The third kappa shape index (κ3) is 3.36. The first-order valence-corrected chi connectivity index (χ1v) is 7.18. The molecule has 21 heavy (non-hydrogen) atoms. The second-order valence-corrected chi connectivity index (χ2v) is 5.11. The number of aryl methyl sites for hydroxylation is 1. The van der Waals surface area contributed by atoms with E-state index in [1.807, 2.05) is 23.0 Å². The van der Waals surface area contributed by atoms with Gasteiger partial charge in [0.1, 0.15) is 0 Å². The smallest absolute Gasteiger partial charge is 0.160 e. The minimum Gasteiger partial charge on any atom is -0.504 e. The number of phenolic OH excluding ortho intramolecular Hbond substituents is 1. The lowest BCUT2D eigenvalue weighted by molar-refractivity contribution is 0.372. The number of aromatic hydroxyl groups is 1. The van der Waals surface area contributed by atoms with Crippen molar-refractivity contribution in [1.82, 2.24) is 15.1 Å². The van der Waals surface area contributed by atoms with Crippen LogP contribution in [0.3, 0.4) is 0 Å². The molecule has 114 valence electrons. The second-order valence-electron chi connectivity index (χ2n) is 5.11. The van der Waals surface area contributed by atoms with Crippen LogP contribution in [0.4, 0.5) is 0 Å². The van der Waals surface area contributed by atoms with Crippen LogP contribution in [-0.2, 0) is 13.1 Å². The third-order valence-electron chi connectivity index (χ3n) is 3.76. The molecule has 0 aliphatic heterocycles. The van der Waals surface area contributed by atoms with Gasteiger partial charge in [-0.1, -0.05) is 6.07 Å². The molecule has 0 spiro atoms. The van der Waals surface area contributed by atoms with E-state index in [2.05, 4.69) is 31.2 Å². The van der Waals surface area contributed by atoms with Crippen LogP contribution in [0.5, 0.6) is 11.5 Å². The lowest BCUT2D eigenvalue weighted by Gasteiger charge is -2.14. The van der Waals surface area contributed by atoms with Crippen molar-refractivity contribution in [3.63, 3.8) is 0 Å². The number of ether oxygens (including phenoxy) is 1. The fourth-order valence-corrected chi connectivity index (χ4v) is 2.42. The van der Waals surface area contributed by atoms with Crippen LogP contribution in [0.25, 0.3) is 0 Å². The molecular weight excluding hydrogens is 266 g/mol. The monoisotopic (exact) mass is 289 g/mol. The highest BCUT2D eigenvalue weighted by Gasteiger charge is 2.12. The van der Waals surface area contributed by atoms with Crippen LogP contribution in [0.1, 0.15) is 36.7 Å². The van der Waals surface area contributed by atoms with E-state index in [1.54, 1.807) is 13.2 Å². The number of hydrogen-bond acceptors (Lipinski definition) is 4. The Labute approximate surface area is 125 Å². The first-order chi connectivity index (χ1) is 10.1. The van der Waals surface area contributed by atoms with Gasteiger partial charge in [-0.05, 0) is 38.5 Å². The van der Waals surface area contributed by atoms with Gasteiger partial charge in [0, 0.05) is 30.4 Å². The molecule has 5 nitrogen and oxygen atoms in total. The average molecular weight is 289 g/mol. The Morgan fingerprint density at radius 3 is 2.81 bits per heavy atom. The molecule has 0 bridgehead atoms. The van der Waals surface area contributed by atoms with Crippen molar-refractivity contribution in [2.24, 2.45) is 0 Å². The molecule has 0 aliphatic carbocycles. The van der Waals surface area contributed by atoms with Crippen molar-refractivity contribution in [2.45, 2.75) is 39.9 Å². The summed E-state index contributed by atoms with van der Waals surface area (Å²) in [5.74, 6) is 0.659. The van der Waals surface area contributed by atoms with Gasteiger partial charge in [0.25, 0.3) is 0 Å². The third-order valence-corrected chi connectivity index (χ3v) is 3.76. The summed E-state index contributed by atoms with van der Waals surface area (Å²) in [6.07, 6.45) is 1.92. The Morgan fingerprint density at radius 1 is 1.43 bits per heavy atom. The maximum absolute atomic E-state index is 9.60. The minimum absolute atomic E-state index is 0.161. The fourth-order valence-electron chi connectivity index (χ4n) is 2.42. The zero-order chi connectivity index (χ0) is 15.4. The molecule has 1 aromatic carbocycles. The SMILES string of the molecule is CCn1ncc(C(C)NCc2ccc(O)c(OC)c2)c1C. The van der Waals surface area contributed by atoms with Crippen LogP contribution in [-0.4, -0.2) is 22.0 Å². The maximum atomic E-state index is 9.60. The number of benzene rings is 1. The molecule has 2 rings (SSSR count). The number of methoxy groups -OCH3 is 1. The molecule has 0 saturated carbocycles. The molecule has 0 saturated heterocycles. The largest absolute Gasteiger partial charge is 0.504 e. The number of aromatic nitrogens is 2. The van der Waals surface area contributed by atoms with Gasteiger partial charge in [-0.15, -0.1) is 0 Å². The zero-order valence-electron chi connectivity index (χ0n) is 13.1. The highest BCUT2D eigenvalue weighted by molar-refractivity contribution is 5.41. The van der Waals surface area contributed by atoms with E-state index in [4.69, 9.17) is 4.74 Å². The molecular formula is C16H23N3O2. The van der Waals surface area contributed by atoms with Crippen LogP contribution in [0, 0.1) is 6.92 Å². The van der Waals surface area contributed by atoms with E-state index in [0.717, 1.165) is 12.1 Å². The predicted molar refractivity (Wildman–Crippen MR) is 82.6 cm³/mol. The van der Waals surface area contributed by atoms with Crippen molar-refractivity contribution in [3.05, 3.63) is 41.2 Å². The highest BCUT2D eigenvalue weighted by atomic mass is 16.5. The average Bonchev–Trinajstić information content (AvgIpc) is 2.87. The zero-order valence-corrected chi connectivity index (χ0v) is 13.1. The fraction of sp³-hybridized carbons (Fsp3) is 0.438. The molecule has 0 aliphatic rings. The van der Waals surface area contributed by atoms with E-state index >= 15 is 0 Å². The van der Waals surface area contributed by atoms with Crippen molar-refractivity contribution in [3.8, 4) is 11.5 Å². The first-order valence-electron chi connectivity index (χ1n) is 7.18. The molecule has 1 unspecified atom stereocenters. The molecule has 1 heterocycles. The molecule has 1 aromatic heterocycles. The van der Waals surface area contributed by atoms with Crippen LogP contribution in [0.2, 0.25) is 0 Å². The van der Waals surface area contributed by atoms with Crippen LogP contribution < -0.4 is 10.1 Å². The van der Waals surface area contributed by atoms with E-state index in [9.17, 15) is 5.11 Å². The normalized spacial score (nSPS) is 12.4. The number of hydrogen-bond donors (Lipinski definition) is 2. The van der Waals surface area contributed by atoms with Crippen molar-refractivity contribution < 1.29 is 9.84 Å². The first kappa shape index (κ1) is 15.4. The van der Waals surface area contributed by atoms with Gasteiger partial charge in [0.15, 0.2) is 11.5 Å². The molecule has 0 amide bonds. The van der Waals surface area contributed by atoms with Crippen LogP contribution >= 0.6 is 0 Å². The summed E-state index contributed by atoms with van der Waals surface area (Å²) < 4.78 is 7.12. The summed E-state index contributed by atoms with van der Waals surface area (Å²) in [5.41, 5.74) is 3.47. The maximum Gasteiger partial charge on any atom is 0.160 e. The van der Waals surface area contributed by atoms with E-state index in [1.165, 1.54) is 11.3 Å². The van der Waals surface area contributed by atoms with Gasteiger partial charge >= 0.3 is 0 Å². The minimum atomic E-state index is 0.161. The van der Waals surface area contributed by atoms with Gasteiger partial charge < -0.3 is 15.2 Å². The lowest BCUT2D eigenvalue weighted by atomic mass is 10.1. The van der Waals surface area contributed by atoms with Crippen LogP contribution in [0.15, 0.2) is 24.4 Å². The number of phenols is 1. The van der Waals surface area contributed by atoms with E-state index in [-0.39, 0.29) is 11.8 Å². The standard InChI is InChI=1S/C16H23N3O2/c1-5-19-12(3)14(10-18-19)11(2)17-9-13-6-7-15(20)16(8-13)21-4/h6-8,10-11,17,20H,5,9H2,1-4H3. The quantitative estimate of drug-likeness (QED) is 0.858. The van der Waals surface area contributed by atoms with Crippen molar-refractivity contribution in [2.75, 3.05) is 7.11 Å². The summed E-state index contributed by atoms with van der Waals surface area (Å²) in [4.78, 5) is 0. The number of nitrogens with zero attached hydrogens (tertiary/aromatic N) is 2. The Hall–Kier alpha value is -2.01. The Bertz CT molecular complexity index is 608. The Balaban J connectivity index is 2.03. The lowest BCUT2D eigenvalue weighted by Crippen LogP contribution is -2.18. The molecule has 0 fully saturated rings. The molecule has 2 N–H and O–H groups in total. The number of nitrogens with one attached hydrogen (secondary N) is 1. The van der Waals surface area contributed by atoms with Gasteiger partial charge in [-0.25, -0.2) is 0 Å². The summed E-state index contributed by atoms with van der Waals surface area (Å²) in [6, 6.07) is 5.60. The molecule has 0 radical (unpaired) electrons. The van der Waals surface area contributed by atoms with Crippen molar-refractivity contribution in [1.29, 1.82) is 0 Å². The summed E-state index contributed by atoms with van der Waals surface area (Å²) in [5, 5.41) is 17.4. The topological polar surface area (TPSA) is 59.3 Å². The van der Waals surface area contributed by atoms with Gasteiger partial charge in [-0.2, -0.15) is 5.10 Å². The Morgan fingerprint density at radius 2 is 2.19 bits per heavy atom. The molecule has 1 atom stereocenters. The summed E-state index contributed by atoms with van der Waals surface area (Å²) >= 11 is 0.